The molecule has 0 radical (unpaired) electrons. The van der Waals surface area contributed by atoms with Gasteiger partial charge in [-0.15, -0.1) is 12.3 Å². The van der Waals surface area contributed by atoms with Crippen molar-refractivity contribution in [3.63, 3.8) is 0 Å². The van der Waals surface area contributed by atoms with Gasteiger partial charge in [-0.3, -0.25) is 0 Å². The summed E-state index contributed by atoms with van der Waals surface area (Å²) in [6, 6.07) is 16.1. The number of rotatable bonds is 5. The number of hydrogen-bond acceptors (Lipinski definition) is 0. The van der Waals surface area contributed by atoms with Gasteiger partial charge in [-0.05, 0) is 54.7 Å². The summed E-state index contributed by atoms with van der Waals surface area (Å²) in [5.41, 5.74) is 8.78. The molecule has 0 bridgehead atoms. The minimum Gasteiger partial charge on any atom is -0.206 e. The normalized spacial score (nSPS) is 13.6. The van der Waals surface area contributed by atoms with Gasteiger partial charge in [-0.2, -0.15) is 0 Å². The summed E-state index contributed by atoms with van der Waals surface area (Å²) in [7, 11) is 0. The molecule has 0 fully saturated rings. The molecular weight excluding hydrogens is 307 g/mol. The Kier molecular flexibility index (Phi) is 5.28. The van der Waals surface area contributed by atoms with Crippen molar-refractivity contribution in [1.82, 2.24) is 0 Å². The van der Waals surface area contributed by atoms with Crippen molar-refractivity contribution in [2.75, 3.05) is 0 Å². The smallest absolute Gasteiger partial charge is 0.132 e. The Labute approximate surface area is 149 Å². The van der Waals surface area contributed by atoms with Crippen LogP contribution in [0.15, 0.2) is 91.0 Å². The molecule has 0 amide bonds. The molecule has 25 heavy (non-hydrogen) atoms. The predicted molar refractivity (Wildman–Crippen MR) is 105 cm³/mol. The molecule has 0 nitrogen and oxygen atoms in total. The number of benzene rings is 2. The van der Waals surface area contributed by atoms with Crippen LogP contribution in [0, 0.1) is 6.92 Å². The maximum Gasteiger partial charge on any atom is 0.132 e. The molecule has 0 N–H and O–H groups in total. The van der Waals surface area contributed by atoms with E-state index in [9.17, 15) is 4.39 Å². The third kappa shape index (κ3) is 4.15. The third-order valence-electron chi connectivity index (χ3n) is 4.28. The zero-order valence-corrected chi connectivity index (χ0v) is 14.4. The van der Waals surface area contributed by atoms with Gasteiger partial charge in [0, 0.05) is 11.1 Å². The SMILES string of the molecule is C=CCCc1ccc(C2=C=CC=C(c3ccc(C)cc3)C(F)=C2)cc1. The van der Waals surface area contributed by atoms with Gasteiger partial charge in [-0.25, -0.2) is 4.39 Å². The van der Waals surface area contributed by atoms with Crippen LogP contribution in [-0.4, -0.2) is 0 Å². The van der Waals surface area contributed by atoms with Crippen LogP contribution in [0.1, 0.15) is 28.7 Å². The van der Waals surface area contributed by atoms with Crippen LogP contribution in [-0.2, 0) is 6.42 Å². The molecule has 3 rings (SSSR count). The first-order valence-corrected chi connectivity index (χ1v) is 8.49. The maximum atomic E-state index is 14.8. The van der Waals surface area contributed by atoms with Gasteiger partial charge in [0.25, 0.3) is 0 Å². The van der Waals surface area contributed by atoms with E-state index in [0.29, 0.717) is 5.57 Å². The van der Waals surface area contributed by atoms with E-state index in [1.807, 2.05) is 49.4 Å². The minimum atomic E-state index is -0.240. The highest BCUT2D eigenvalue weighted by Gasteiger charge is 2.11. The van der Waals surface area contributed by atoms with Crippen LogP contribution in [0.2, 0.25) is 0 Å². The molecular formula is C24H21F. The van der Waals surface area contributed by atoms with Crippen molar-refractivity contribution in [3.8, 4) is 0 Å². The molecule has 2 aromatic rings. The van der Waals surface area contributed by atoms with Crippen molar-refractivity contribution in [3.05, 3.63) is 113 Å². The second kappa shape index (κ2) is 7.79. The Morgan fingerprint density at radius 3 is 2.36 bits per heavy atom. The van der Waals surface area contributed by atoms with Gasteiger partial charge in [0.2, 0.25) is 0 Å². The van der Waals surface area contributed by atoms with Crippen molar-refractivity contribution in [2.45, 2.75) is 19.8 Å². The minimum absolute atomic E-state index is 0.240. The molecule has 0 heterocycles. The fourth-order valence-electron chi connectivity index (χ4n) is 2.79. The summed E-state index contributed by atoms with van der Waals surface area (Å²) in [4.78, 5) is 0. The maximum absolute atomic E-state index is 14.8. The average Bonchev–Trinajstić information content (AvgIpc) is 2.83. The molecule has 0 unspecified atom stereocenters. The molecule has 0 saturated heterocycles. The Morgan fingerprint density at radius 1 is 1.00 bits per heavy atom. The van der Waals surface area contributed by atoms with Gasteiger partial charge in [0.05, 0.1) is 0 Å². The lowest BCUT2D eigenvalue weighted by molar-refractivity contribution is 0.675. The van der Waals surface area contributed by atoms with Gasteiger partial charge >= 0.3 is 0 Å². The third-order valence-corrected chi connectivity index (χ3v) is 4.28. The largest absolute Gasteiger partial charge is 0.206 e. The summed E-state index contributed by atoms with van der Waals surface area (Å²) in [5, 5.41) is 0. The zero-order chi connectivity index (χ0) is 17.6. The van der Waals surface area contributed by atoms with E-state index in [0.717, 1.165) is 35.1 Å². The van der Waals surface area contributed by atoms with E-state index < -0.39 is 0 Å². The second-order valence-corrected chi connectivity index (χ2v) is 6.19. The quantitative estimate of drug-likeness (QED) is 0.428. The average molecular weight is 328 g/mol. The fraction of sp³-hybridized carbons (Fsp3) is 0.125. The fourth-order valence-corrected chi connectivity index (χ4v) is 2.79. The Balaban J connectivity index is 1.85. The number of halogens is 1. The predicted octanol–water partition coefficient (Wildman–Crippen LogP) is 6.60. The molecule has 1 aliphatic carbocycles. The molecule has 0 aromatic heterocycles. The lowest BCUT2D eigenvalue weighted by Crippen LogP contribution is -1.88. The first kappa shape index (κ1) is 17.0. The topological polar surface area (TPSA) is 0 Å². The molecule has 0 atom stereocenters. The van der Waals surface area contributed by atoms with Crippen LogP contribution in [0.25, 0.3) is 11.1 Å². The highest BCUT2D eigenvalue weighted by atomic mass is 19.1. The summed E-state index contributed by atoms with van der Waals surface area (Å²) >= 11 is 0. The van der Waals surface area contributed by atoms with Crippen molar-refractivity contribution in [2.24, 2.45) is 0 Å². The summed E-state index contributed by atoms with van der Waals surface area (Å²) < 4.78 is 14.8. The molecule has 1 heteroatoms. The molecule has 0 saturated carbocycles. The van der Waals surface area contributed by atoms with Crippen molar-refractivity contribution >= 4 is 11.1 Å². The first-order valence-electron chi connectivity index (χ1n) is 8.49. The lowest BCUT2D eigenvalue weighted by atomic mass is 10.00. The van der Waals surface area contributed by atoms with Crippen LogP contribution >= 0.6 is 0 Å². The van der Waals surface area contributed by atoms with Crippen LogP contribution in [0.5, 0.6) is 0 Å². The Hall–Kier alpha value is -2.89. The summed E-state index contributed by atoms with van der Waals surface area (Å²) in [5.74, 6) is -0.240. The highest BCUT2D eigenvalue weighted by molar-refractivity contribution is 5.86. The highest BCUT2D eigenvalue weighted by Crippen LogP contribution is 2.29. The Morgan fingerprint density at radius 2 is 1.68 bits per heavy atom. The van der Waals surface area contributed by atoms with E-state index in [4.69, 9.17) is 0 Å². The van der Waals surface area contributed by atoms with E-state index in [1.54, 1.807) is 18.2 Å². The van der Waals surface area contributed by atoms with E-state index in [1.165, 1.54) is 5.56 Å². The Bertz CT molecular complexity index is 884. The molecule has 1 aliphatic rings. The van der Waals surface area contributed by atoms with Crippen molar-refractivity contribution < 1.29 is 4.39 Å². The lowest BCUT2D eigenvalue weighted by Gasteiger charge is -2.06. The van der Waals surface area contributed by atoms with Gasteiger partial charge in [-0.1, -0.05) is 60.2 Å². The monoisotopic (exact) mass is 328 g/mol. The second-order valence-electron chi connectivity index (χ2n) is 6.19. The number of aryl methyl sites for hydroxylation is 2. The molecule has 124 valence electrons. The molecule has 0 spiro atoms. The van der Waals surface area contributed by atoms with E-state index in [2.05, 4.69) is 24.4 Å². The summed E-state index contributed by atoms with van der Waals surface area (Å²) in [6.07, 6.45) is 8.98. The number of hydrogen-bond donors (Lipinski definition) is 0. The van der Waals surface area contributed by atoms with Gasteiger partial charge < -0.3 is 0 Å². The number of allylic oxidation sites excluding steroid dienone is 6. The van der Waals surface area contributed by atoms with E-state index >= 15 is 0 Å². The van der Waals surface area contributed by atoms with Gasteiger partial charge in [0.1, 0.15) is 5.83 Å². The molecule has 2 aromatic carbocycles. The van der Waals surface area contributed by atoms with Crippen LogP contribution in [0.4, 0.5) is 4.39 Å². The standard InChI is InChI=1S/C24H21F/c1-3-4-6-19-11-15-20(16-12-19)22-7-5-8-23(24(25)17-22)21-13-9-18(2)10-14-21/h3,5,8-17H,1,4,6H2,2H3. The van der Waals surface area contributed by atoms with Crippen molar-refractivity contribution in [1.29, 1.82) is 0 Å². The van der Waals surface area contributed by atoms with Gasteiger partial charge in [0.15, 0.2) is 0 Å². The first-order chi connectivity index (χ1) is 12.2. The zero-order valence-electron chi connectivity index (χ0n) is 14.4. The van der Waals surface area contributed by atoms with E-state index in [-0.39, 0.29) is 5.83 Å². The molecule has 0 aliphatic heterocycles. The summed E-state index contributed by atoms with van der Waals surface area (Å²) in [6.45, 7) is 5.77. The van der Waals surface area contributed by atoms with Crippen LogP contribution < -0.4 is 0 Å². The van der Waals surface area contributed by atoms with Crippen LogP contribution in [0.3, 0.4) is 0 Å².